The predicted molar refractivity (Wildman–Crippen MR) is 85.7 cm³/mol. The second-order valence-corrected chi connectivity index (χ2v) is 7.64. The third kappa shape index (κ3) is 2.38. The number of ether oxygens (including phenoxy) is 1. The largest absolute Gasteiger partial charge is 0.497 e. The van der Waals surface area contributed by atoms with Crippen molar-refractivity contribution in [1.29, 1.82) is 5.26 Å². The fraction of sp³-hybridized carbons (Fsp3) is 0.235. The van der Waals surface area contributed by atoms with E-state index in [0.29, 0.717) is 5.75 Å². The van der Waals surface area contributed by atoms with Gasteiger partial charge in [-0.3, -0.25) is 0 Å². The SMILES string of the molecule is COc1ccc(C2C(S(=O)(=O)c3ccccc3)C2(N)C#N)cc1. The average molecular weight is 328 g/mol. The van der Waals surface area contributed by atoms with Crippen LogP contribution in [0.5, 0.6) is 5.75 Å². The molecule has 6 heteroatoms. The fourth-order valence-corrected chi connectivity index (χ4v) is 5.17. The number of nitrogens with zero attached hydrogens (tertiary/aromatic N) is 1. The van der Waals surface area contributed by atoms with Crippen LogP contribution < -0.4 is 10.5 Å². The van der Waals surface area contributed by atoms with Crippen LogP contribution in [0.15, 0.2) is 59.5 Å². The Kier molecular flexibility index (Phi) is 3.63. The Labute approximate surface area is 135 Å². The number of methoxy groups -OCH3 is 1. The molecule has 0 amide bonds. The van der Waals surface area contributed by atoms with Crippen molar-refractivity contribution in [3.05, 3.63) is 60.2 Å². The lowest BCUT2D eigenvalue weighted by molar-refractivity contribution is 0.414. The van der Waals surface area contributed by atoms with Gasteiger partial charge in [-0.05, 0) is 29.8 Å². The molecule has 0 heterocycles. The first-order valence-corrected chi connectivity index (χ1v) is 8.63. The Morgan fingerprint density at radius 2 is 1.74 bits per heavy atom. The lowest BCUT2D eigenvalue weighted by atomic mass is 10.1. The standard InChI is InChI=1S/C17H16N2O3S/c1-22-13-9-7-12(8-10-13)15-16(17(15,19)11-18)23(20,21)14-5-3-2-4-6-14/h2-10,15-16H,19H2,1H3. The maximum atomic E-state index is 12.8. The van der Waals surface area contributed by atoms with Gasteiger partial charge < -0.3 is 10.5 Å². The van der Waals surface area contributed by atoms with Gasteiger partial charge >= 0.3 is 0 Å². The zero-order chi connectivity index (χ0) is 16.7. The zero-order valence-corrected chi connectivity index (χ0v) is 13.3. The Morgan fingerprint density at radius 1 is 1.13 bits per heavy atom. The third-order valence-electron chi connectivity index (χ3n) is 4.25. The van der Waals surface area contributed by atoms with Gasteiger partial charge in [-0.2, -0.15) is 5.26 Å². The quantitative estimate of drug-likeness (QED) is 0.924. The van der Waals surface area contributed by atoms with Crippen molar-refractivity contribution in [2.45, 2.75) is 21.6 Å². The monoisotopic (exact) mass is 328 g/mol. The molecule has 3 rings (SSSR count). The lowest BCUT2D eigenvalue weighted by Gasteiger charge is -2.04. The van der Waals surface area contributed by atoms with Gasteiger partial charge in [0.2, 0.25) is 0 Å². The van der Waals surface area contributed by atoms with Crippen LogP contribution in [0.1, 0.15) is 11.5 Å². The van der Waals surface area contributed by atoms with E-state index >= 15 is 0 Å². The van der Waals surface area contributed by atoms with Crippen molar-refractivity contribution in [3.8, 4) is 11.8 Å². The normalized spacial score (nSPS) is 26.3. The number of benzene rings is 2. The summed E-state index contributed by atoms with van der Waals surface area (Å²) in [6.07, 6.45) is 0. The highest BCUT2D eigenvalue weighted by Crippen LogP contribution is 2.55. The zero-order valence-electron chi connectivity index (χ0n) is 12.5. The number of nitriles is 1. The van der Waals surface area contributed by atoms with Crippen LogP contribution in [0.2, 0.25) is 0 Å². The molecule has 1 saturated carbocycles. The Morgan fingerprint density at radius 3 is 2.26 bits per heavy atom. The molecule has 3 unspecified atom stereocenters. The summed E-state index contributed by atoms with van der Waals surface area (Å²) in [5.74, 6) is 0.111. The van der Waals surface area contributed by atoms with Crippen LogP contribution in [0.25, 0.3) is 0 Å². The van der Waals surface area contributed by atoms with Crippen molar-refractivity contribution in [1.82, 2.24) is 0 Å². The van der Waals surface area contributed by atoms with E-state index in [-0.39, 0.29) is 4.90 Å². The molecular formula is C17H16N2O3S. The molecule has 2 N–H and O–H groups in total. The molecule has 5 nitrogen and oxygen atoms in total. The highest BCUT2D eigenvalue weighted by Gasteiger charge is 2.70. The highest BCUT2D eigenvalue weighted by atomic mass is 32.2. The topological polar surface area (TPSA) is 93.2 Å². The minimum absolute atomic E-state index is 0.186. The van der Waals surface area contributed by atoms with Crippen molar-refractivity contribution in [2.75, 3.05) is 7.11 Å². The molecule has 1 aliphatic rings. The first-order chi connectivity index (χ1) is 10.9. The first-order valence-electron chi connectivity index (χ1n) is 7.08. The summed E-state index contributed by atoms with van der Waals surface area (Å²) in [5.41, 5.74) is 5.40. The molecule has 1 aliphatic carbocycles. The average Bonchev–Trinajstić information content (AvgIpc) is 3.23. The van der Waals surface area contributed by atoms with E-state index in [0.717, 1.165) is 5.56 Å². The second-order valence-electron chi connectivity index (χ2n) is 5.57. The summed E-state index contributed by atoms with van der Waals surface area (Å²) in [4.78, 5) is 0.186. The smallest absolute Gasteiger partial charge is 0.184 e. The maximum absolute atomic E-state index is 12.8. The first kappa shape index (κ1) is 15.5. The summed E-state index contributed by atoms with van der Waals surface area (Å²) in [5, 5.41) is 8.47. The van der Waals surface area contributed by atoms with E-state index in [4.69, 9.17) is 10.5 Å². The van der Waals surface area contributed by atoms with Gasteiger partial charge in [-0.1, -0.05) is 30.3 Å². The minimum Gasteiger partial charge on any atom is -0.497 e. The van der Waals surface area contributed by atoms with Gasteiger partial charge in [0.15, 0.2) is 9.84 Å². The molecule has 0 radical (unpaired) electrons. The fourth-order valence-electron chi connectivity index (χ4n) is 2.96. The van der Waals surface area contributed by atoms with Gasteiger partial charge in [0.1, 0.15) is 16.5 Å². The van der Waals surface area contributed by atoms with Gasteiger partial charge in [-0.15, -0.1) is 0 Å². The summed E-state index contributed by atoms with van der Waals surface area (Å²) in [7, 11) is -2.12. The van der Waals surface area contributed by atoms with E-state index in [1.165, 1.54) is 12.1 Å². The third-order valence-corrected chi connectivity index (χ3v) is 6.51. The van der Waals surface area contributed by atoms with Crippen LogP contribution >= 0.6 is 0 Å². The van der Waals surface area contributed by atoms with Crippen LogP contribution in [0, 0.1) is 11.3 Å². The summed E-state index contributed by atoms with van der Waals surface area (Å²) >= 11 is 0. The van der Waals surface area contributed by atoms with Crippen LogP contribution in [0.3, 0.4) is 0 Å². The molecule has 3 atom stereocenters. The van der Waals surface area contributed by atoms with Gasteiger partial charge in [-0.25, -0.2) is 8.42 Å². The Balaban J connectivity index is 2.01. The molecule has 23 heavy (non-hydrogen) atoms. The highest BCUT2D eigenvalue weighted by molar-refractivity contribution is 7.92. The molecule has 0 bridgehead atoms. The van der Waals surface area contributed by atoms with Gasteiger partial charge in [0.25, 0.3) is 0 Å². The summed E-state index contributed by atoms with van der Waals surface area (Å²) in [6, 6.07) is 17.1. The molecule has 2 aromatic carbocycles. The molecule has 0 aromatic heterocycles. The van der Waals surface area contributed by atoms with E-state index in [1.807, 2.05) is 6.07 Å². The molecule has 118 valence electrons. The van der Waals surface area contributed by atoms with Gasteiger partial charge in [0.05, 0.1) is 18.1 Å². The van der Waals surface area contributed by atoms with E-state index in [1.54, 1.807) is 49.6 Å². The van der Waals surface area contributed by atoms with Crippen molar-refractivity contribution in [3.63, 3.8) is 0 Å². The molecule has 0 aliphatic heterocycles. The van der Waals surface area contributed by atoms with E-state index < -0.39 is 26.5 Å². The van der Waals surface area contributed by atoms with E-state index in [2.05, 4.69) is 0 Å². The predicted octanol–water partition coefficient (Wildman–Crippen LogP) is 1.86. The number of rotatable bonds is 4. The lowest BCUT2D eigenvalue weighted by Crippen LogP contribution is -2.29. The Hall–Kier alpha value is -2.36. The summed E-state index contributed by atoms with van der Waals surface area (Å²) in [6.45, 7) is 0. The molecular weight excluding hydrogens is 312 g/mol. The molecule has 2 aromatic rings. The van der Waals surface area contributed by atoms with Crippen LogP contribution in [0.4, 0.5) is 0 Å². The Bertz CT molecular complexity index is 857. The van der Waals surface area contributed by atoms with Crippen LogP contribution in [-0.4, -0.2) is 26.3 Å². The number of nitrogens with two attached hydrogens (primary N) is 1. The van der Waals surface area contributed by atoms with Crippen molar-refractivity contribution in [2.24, 2.45) is 5.73 Å². The van der Waals surface area contributed by atoms with Gasteiger partial charge in [0, 0.05) is 5.92 Å². The number of hydrogen-bond acceptors (Lipinski definition) is 5. The number of hydrogen-bond donors (Lipinski definition) is 1. The van der Waals surface area contributed by atoms with Crippen molar-refractivity contribution < 1.29 is 13.2 Å². The number of sulfone groups is 1. The van der Waals surface area contributed by atoms with Crippen LogP contribution in [-0.2, 0) is 9.84 Å². The summed E-state index contributed by atoms with van der Waals surface area (Å²) < 4.78 is 30.7. The minimum atomic E-state index is -3.68. The van der Waals surface area contributed by atoms with E-state index in [9.17, 15) is 13.7 Å². The maximum Gasteiger partial charge on any atom is 0.184 e. The molecule has 1 fully saturated rings. The van der Waals surface area contributed by atoms with Crippen molar-refractivity contribution >= 4 is 9.84 Å². The molecule has 0 spiro atoms. The second kappa shape index (κ2) is 5.37. The molecule has 0 saturated heterocycles.